The number of pyridine rings is 1. The average Bonchev–Trinajstić information content (AvgIpc) is 3.06. The van der Waals surface area contributed by atoms with E-state index < -0.39 is 0 Å². The summed E-state index contributed by atoms with van der Waals surface area (Å²) in [5.74, 6) is 0.419. The Morgan fingerprint density at radius 2 is 1.94 bits per heavy atom. The largest absolute Gasteiger partial charge is 0.316 e. The van der Waals surface area contributed by atoms with Gasteiger partial charge in [-0.3, -0.25) is 4.79 Å². The second kappa shape index (κ2) is 10.6. The summed E-state index contributed by atoms with van der Waals surface area (Å²) in [6, 6.07) is 17.0. The average molecular weight is 499 g/mol. The first-order valence-electron chi connectivity index (χ1n) is 12.1. The summed E-state index contributed by atoms with van der Waals surface area (Å²) in [4.78, 5) is 18.8. The molecule has 0 spiro atoms. The molecule has 0 radical (unpaired) electrons. The van der Waals surface area contributed by atoms with Crippen molar-refractivity contribution in [3.05, 3.63) is 74.8 Å². The van der Waals surface area contributed by atoms with Crippen molar-refractivity contribution in [2.24, 2.45) is 0 Å². The van der Waals surface area contributed by atoms with E-state index in [2.05, 4.69) is 41.7 Å². The van der Waals surface area contributed by atoms with Crippen LogP contribution >= 0.6 is 23.1 Å². The van der Waals surface area contributed by atoms with Crippen molar-refractivity contribution in [1.29, 1.82) is 10.5 Å². The first kappa shape index (κ1) is 23.6. The van der Waals surface area contributed by atoms with Gasteiger partial charge in [-0.15, -0.1) is 11.3 Å². The predicted octanol–water partition coefficient (Wildman–Crippen LogP) is 6.16. The van der Waals surface area contributed by atoms with Crippen molar-refractivity contribution in [3.8, 4) is 12.1 Å². The van der Waals surface area contributed by atoms with Crippen molar-refractivity contribution in [3.63, 3.8) is 0 Å². The Bertz CT molecular complexity index is 1330. The molecule has 5 rings (SSSR count). The lowest BCUT2D eigenvalue weighted by atomic mass is 9.83. The third-order valence-electron chi connectivity index (χ3n) is 6.88. The highest BCUT2D eigenvalue weighted by molar-refractivity contribution is 8.00. The predicted molar refractivity (Wildman–Crippen MR) is 140 cm³/mol. The SMILES string of the molecule is N#Cc1cc2c(nc1SCC(=O)Nc1sc3c(c1C#N)CC[C@H](c1ccccc1)C3)CCCCC2. The summed E-state index contributed by atoms with van der Waals surface area (Å²) in [5, 5.41) is 23.7. The number of nitrogens with one attached hydrogen (secondary N) is 1. The number of aryl methyl sites for hydroxylation is 2. The molecule has 2 aromatic heterocycles. The minimum absolute atomic E-state index is 0.153. The van der Waals surface area contributed by atoms with E-state index in [1.807, 2.05) is 12.1 Å². The zero-order chi connectivity index (χ0) is 24.2. The fourth-order valence-corrected chi connectivity index (χ4v) is 7.15. The number of aromatic nitrogens is 1. The number of hydrogen-bond donors (Lipinski definition) is 1. The van der Waals surface area contributed by atoms with Crippen molar-refractivity contribution in [2.45, 2.75) is 62.3 Å². The van der Waals surface area contributed by atoms with E-state index in [9.17, 15) is 15.3 Å². The highest BCUT2D eigenvalue weighted by Crippen LogP contribution is 2.42. The zero-order valence-electron chi connectivity index (χ0n) is 19.5. The van der Waals surface area contributed by atoms with Gasteiger partial charge in [-0.1, -0.05) is 48.5 Å². The maximum absolute atomic E-state index is 12.9. The Kier molecular flexibility index (Phi) is 7.18. The minimum atomic E-state index is -0.176. The van der Waals surface area contributed by atoms with Crippen molar-refractivity contribution < 1.29 is 4.79 Å². The molecule has 0 bridgehead atoms. The molecule has 0 saturated carbocycles. The van der Waals surface area contributed by atoms with Crippen LogP contribution in [0.4, 0.5) is 5.00 Å². The Labute approximate surface area is 214 Å². The van der Waals surface area contributed by atoms with Gasteiger partial charge >= 0.3 is 0 Å². The number of carbonyl (C=O) groups is 1. The molecule has 7 heteroatoms. The van der Waals surface area contributed by atoms with Crippen molar-refractivity contribution in [2.75, 3.05) is 11.1 Å². The van der Waals surface area contributed by atoms with Gasteiger partial charge in [-0.2, -0.15) is 10.5 Å². The quantitative estimate of drug-likeness (QED) is 0.336. The zero-order valence-corrected chi connectivity index (χ0v) is 21.1. The summed E-state index contributed by atoms with van der Waals surface area (Å²) in [7, 11) is 0. The molecule has 0 fully saturated rings. The standard InChI is InChI=1S/C28H26N4OS2/c29-15-21-13-20-9-5-2-6-10-24(20)31-27(21)34-17-26(33)32-28-23(16-30)22-12-11-19(14-25(22)35-28)18-7-3-1-4-8-18/h1,3-4,7-8,13,19H,2,5-6,9-12,14,17H2,(H,32,33)/t19-/m0/s1. The molecular weight excluding hydrogens is 472 g/mol. The van der Waals surface area contributed by atoms with Gasteiger partial charge in [-0.05, 0) is 73.6 Å². The Morgan fingerprint density at radius 3 is 2.74 bits per heavy atom. The van der Waals surface area contributed by atoms with Gasteiger partial charge in [-0.25, -0.2) is 4.98 Å². The Hall–Kier alpha value is -3.13. The summed E-state index contributed by atoms with van der Waals surface area (Å²) < 4.78 is 0. The summed E-state index contributed by atoms with van der Waals surface area (Å²) in [6.45, 7) is 0. The van der Waals surface area contributed by atoms with Crippen molar-refractivity contribution in [1.82, 2.24) is 4.98 Å². The van der Waals surface area contributed by atoms with E-state index in [4.69, 9.17) is 4.98 Å². The number of thiophene rings is 1. The molecule has 3 aromatic rings. The lowest BCUT2D eigenvalue weighted by molar-refractivity contribution is -0.113. The first-order valence-corrected chi connectivity index (χ1v) is 13.9. The van der Waals surface area contributed by atoms with Crippen LogP contribution in [0.25, 0.3) is 0 Å². The maximum Gasteiger partial charge on any atom is 0.235 e. The smallest absolute Gasteiger partial charge is 0.235 e. The minimum Gasteiger partial charge on any atom is -0.316 e. The molecule has 2 heterocycles. The number of nitrogens with zero attached hydrogens (tertiary/aromatic N) is 3. The van der Waals surface area contributed by atoms with E-state index in [0.29, 0.717) is 27.1 Å². The van der Waals surface area contributed by atoms with E-state index in [1.165, 1.54) is 45.5 Å². The molecule has 0 unspecified atom stereocenters. The van der Waals surface area contributed by atoms with Crippen LogP contribution in [-0.4, -0.2) is 16.6 Å². The normalized spacial score (nSPS) is 16.8. The van der Waals surface area contributed by atoms with Crippen LogP contribution in [0.15, 0.2) is 41.4 Å². The molecule has 5 nitrogen and oxygen atoms in total. The van der Waals surface area contributed by atoms with Gasteiger partial charge in [0.2, 0.25) is 5.91 Å². The molecule has 0 aliphatic heterocycles. The maximum atomic E-state index is 12.9. The van der Waals surface area contributed by atoms with Gasteiger partial charge in [0.1, 0.15) is 22.2 Å². The van der Waals surface area contributed by atoms with Gasteiger partial charge in [0.15, 0.2) is 0 Å². The highest BCUT2D eigenvalue weighted by atomic mass is 32.2. The molecular formula is C28H26N4OS2. The number of thioether (sulfide) groups is 1. The molecule has 176 valence electrons. The topological polar surface area (TPSA) is 89.6 Å². The van der Waals surface area contributed by atoms with Crippen LogP contribution in [0.5, 0.6) is 0 Å². The lowest BCUT2D eigenvalue weighted by Crippen LogP contribution is -2.14. The number of nitriles is 2. The third-order valence-corrected chi connectivity index (χ3v) is 9.04. The molecule has 2 aliphatic rings. The van der Waals surface area contributed by atoms with Crippen LogP contribution in [0.1, 0.15) is 70.0 Å². The number of rotatable bonds is 5. The van der Waals surface area contributed by atoms with E-state index in [-0.39, 0.29) is 11.7 Å². The van der Waals surface area contributed by atoms with Crippen LogP contribution in [-0.2, 0) is 30.5 Å². The van der Waals surface area contributed by atoms with Gasteiger partial charge in [0.05, 0.1) is 16.9 Å². The molecule has 1 amide bonds. The number of amides is 1. The second-order valence-corrected chi connectivity index (χ2v) is 11.2. The summed E-state index contributed by atoms with van der Waals surface area (Å²) in [5.41, 5.74) is 5.80. The monoisotopic (exact) mass is 498 g/mol. The number of hydrogen-bond acceptors (Lipinski definition) is 6. The Morgan fingerprint density at radius 1 is 1.11 bits per heavy atom. The fraction of sp³-hybridized carbons (Fsp3) is 0.357. The number of anilines is 1. The summed E-state index contributed by atoms with van der Waals surface area (Å²) in [6.07, 6.45) is 8.07. The first-order chi connectivity index (χ1) is 17.2. The van der Waals surface area contributed by atoms with Crippen molar-refractivity contribution >= 4 is 34.0 Å². The molecule has 0 saturated heterocycles. The van der Waals surface area contributed by atoms with E-state index in [1.54, 1.807) is 0 Å². The molecule has 2 aliphatic carbocycles. The van der Waals surface area contributed by atoms with Crippen LogP contribution in [0.3, 0.4) is 0 Å². The summed E-state index contributed by atoms with van der Waals surface area (Å²) >= 11 is 2.83. The van der Waals surface area contributed by atoms with E-state index in [0.717, 1.165) is 56.2 Å². The highest BCUT2D eigenvalue weighted by Gasteiger charge is 2.27. The van der Waals surface area contributed by atoms with Crippen LogP contribution in [0, 0.1) is 22.7 Å². The van der Waals surface area contributed by atoms with E-state index >= 15 is 0 Å². The number of fused-ring (bicyclic) bond motifs is 2. The van der Waals surface area contributed by atoms with Gasteiger partial charge < -0.3 is 5.32 Å². The third kappa shape index (κ3) is 5.12. The molecule has 1 atom stereocenters. The number of benzene rings is 1. The second-order valence-electron chi connectivity index (χ2n) is 9.13. The molecule has 1 aromatic carbocycles. The van der Waals surface area contributed by atoms with Crippen LogP contribution in [0.2, 0.25) is 0 Å². The molecule has 1 N–H and O–H groups in total. The molecule has 35 heavy (non-hydrogen) atoms. The van der Waals surface area contributed by atoms with Gasteiger partial charge in [0.25, 0.3) is 0 Å². The number of carbonyl (C=O) groups excluding carboxylic acids is 1. The van der Waals surface area contributed by atoms with Crippen LogP contribution < -0.4 is 5.32 Å². The lowest BCUT2D eigenvalue weighted by Gasteiger charge is -2.22. The van der Waals surface area contributed by atoms with Gasteiger partial charge in [0, 0.05) is 10.6 Å². The fourth-order valence-electron chi connectivity index (χ4n) is 5.08. The Balaban J connectivity index is 1.28.